The molecule has 1 aliphatic rings. The third kappa shape index (κ3) is 2.15. The molecule has 6 nitrogen and oxygen atoms in total. The molecule has 0 radical (unpaired) electrons. The molecule has 1 fully saturated rings. The summed E-state index contributed by atoms with van der Waals surface area (Å²) in [7, 11) is -1.95. The molecule has 0 saturated carbocycles. The Morgan fingerprint density at radius 3 is 2.65 bits per heavy atom. The van der Waals surface area contributed by atoms with Crippen LogP contribution in [-0.2, 0) is 10.0 Å². The average molecular weight is 252 g/mol. The summed E-state index contributed by atoms with van der Waals surface area (Å²) < 4.78 is 25.6. The van der Waals surface area contributed by atoms with E-state index in [0.717, 1.165) is 0 Å². The van der Waals surface area contributed by atoms with E-state index in [9.17, 15) is 8.42 Å². The summed E-state index contributed by atoms with van der Waals surface area (Å²) in [6, 6.07) is 4.66. The molecule has 0 aromatic carbocycles. The maximum atomic E-state index is 12.1. The summed E-state index contributed by atoms with van der Waals surface area (Å²) in [6.07, 6.45) is 1.22. The fourth-order valence-corrected chi connectivity index (χ4v) is 2.79. The van der Waals surface area contributed by atoms with Crippen LogP contribution in [0.15, 0.2) is 23.2 Å². The maximum Gasteiger partial charge on any atom is 0.244 e. The minimum Gasteiger partial charge on any atom is -0.313 e. The standard InChI is InChI=1S/C10H12N4O2S/c1-14(9-5-12-6-9)17(15,16)10-3-2-8(4-11)13-7-10/h2-3,7,9,12H,5-6H2,1H3. The van der Waals surface area contributed by atoms with E-state index in [2.05, 4.69) is 10.3 Å². The summed E-state index contributed by atoms with van der Waals surface area (Å²) >= 11 is 0. The van der Waals surface area contributed by atoms with E-state index in [4.69, 9.17) is 5.26 Å². The van der Waals surface area contributed by atoms with Gasteiger partial charge in [0.2, 0.25) is 10.0 Å². The Hall–Kier alpha value is -1.49. The van der Waals surface area contributed by atoms with Crippen LogP contribution in [0.1, 0.15) is 5.69 Å². The molecular weight excluding hydrogens is 240 g/mol. The van der Waals surface area contributed by atoms with Crippen molar-refractivity contribution in [3.05, 3.63) is 24.0 Å². The van der Waals surface area contributed by atoms with Crippen LogP contribution in [0.3, 0.4) is 0 Å². The number of nitriles is 1. The molecule has 0 bridgehead atoms. The van der Waals surface area contributed by atoms with Gasteiger partial charge in [-0.3, -0.25) is 0 Å². The van der Waals surface area contributed by atoms with Crippen molar-refractivity contribution in [1.29, 1.82) is 5.26 Å². The molecule has 1 N–H and O–H groups in total. The van der Waals surface area contributed by atoms with Crippen molar-refractivity contribution in [1.82, 2.24) is 14.6 Å². The Balaban J connectivity index is 2.27. The van der Waals surface area contributed by atoms with Gasteiger partial charge in [0.05, 0.1) is 0 Å². The number of nitrogens with one attached hydrogen (secondary N) is 1. The second kappa shape index (κ2) is 4.41. The second-order valence-corrected chi connectivity index (χ2v) is 5.82. The second-order valence-electron chi connectivity index (χ2n) is 3.82. The predicted octanol–water partition coefficient (Wildman–Crippen LogP) is -0.454. The Morgan fingerprint density at radius 1 is 1.53 bits per heavy atom. The van der Waals surface area contributed by atoms with Gasteiger partial charge < -0.3 is 5.32 Å². The lowest BCUT2D eigenvalue weighted by molar-refractivity contribution is 0.274. The van der Waals surface area contributed by atoms with Crippen molar-refractivity contribution in [2.75, 3.05) is 20.1 Å². The summed E-state index contributed by atoms with van der Waals surface area (Å²) in [5.41, 5.74) is 0.205. The highest BCUT2D eigenvalue weighted by Crippen LogP contribution is 2.17. The number of sulfonamides is 1. The molecule has 17 heavy (non-hydrogen) atoms. The average Bonchev–Trinajstić information content (AvgIpc) is 2.27. The number of hydrogen-bond acceptors (Lipinski definition) is 5. The highest BCUT2D eigenvalue weighted by molar-refractivity contribution is 7.89. The predicted molar refractivity (Wildman–Crippen MR) is 60.6 cm³/mol. The molecule has 1 saturated heterocycles. The van der Waals surface area contributed by atoms with E-state index in [1.807, 2.05) is 6.07 Å². The lowest BCUT2D eigenvalue weighted by Gasteiger charge is -2.34. The zero-order valence-corrected chi connectivity index (χ0v) is 10.1. The van der Waals surface area contributed by atoms with Gasteiger partial charge in [0, 0.05) is 32.4 Å². The molecule has 1 aromatic rings. The Bertz CT molecular complexity index is 543. The van der Waals surface area contributed by atoms with Crippen molar-refractivity contribution in [2.24, 2.45) is 0 Å². The van der Waals surface area contributed by atoms with E-state index in [1.54, 1.807) is 7.05 Å². The van der Waals surface area contributed by atoms with Gasteiger partial charge in [0.25, 0.3) is 0 Å². The van der Waals surface area contributed by atoms with Crippen LogP contribution in [-0.4, -0.2) is 43.9 Å². The highest BCUT2D eigenvalue weighted by atomic mass is 32.2. The zero-order valence-electron chi connectivity index (χ0n) is 9.29. The zero-order chi connectivity index (χ0) is 12.5. The SMILES string of the molecule is CN(C1CNC1)S(=O)(=O)c1ccc(C#N)nc1. The van der Waals surface area contributed by atoms with Gasteiger partial charge in [-0.2, -0.15) is 9.57 Å². The first kappa shape index (κ1) is 12.0. The number of nitrogens with zero attached hydrogens (tertiary/aromatic N) is 3. The van der Waals surface area contributed by atoms with E-state index in [-0.39, 0.29) is 16.6 Å². The van der Waals surface area contributed by atoms with Crippen LogP contribution >= 0.6 is 0 Å². The lowest BCUT2D eigenvalue weighted by Crippen LogP contribution is -2.57. The third-order valence-electron chi connectivity index (χ3n) is 2.80. The molecular formula is C10H12N4O2S. The highest BCUT2D eigenvalue weighted by Gasteiger charge is 2.31. The summed E-state index contributed by atoms with van der Waals surface area (Å²) in [5, 5.41) is 11.6. The number of hydrogen-bond donors (Lipinski definition) is 1. The van der Waals surface area contributed by atoms with Gasteiger partial charge in [-0.25, -0.2) is 13.4 Å². The van der Waals surface area contributed by atoms with Gasteiger partial charge in [0.1, 0.15) is 16.7 Å². The minimum atomic E-state index is -3.50. The molecule has 1 aliphatic heterocycles. The molecule has 0 aliphatic carbocycles. The van der Waals surface area contributed by atoms with Gasteiger partial charge in [-0.15, -0.1) is 0 Å². The number of aromatic nitrogens is 1. The molecule has 0 atom stereocenters. The fraction of sp³-hybridized carbons (Fsp3) is 0.400. The van der Waals surface area contributed by atoms with E-state index in [0.29, 0.717) is 13.1 Å². The van der Waals surface area contributed by atoms with Crippen LogP contribution in [0, 0.1) is 11.3 Å². The smallest absolute Gasteiger partial charge is 0.244 e. The monoisotopic (exact) mass is 252 g/mol. The lowest BCUT2D eigenvalue weighted by atomic mass is 10.2. The Labute approximate surface area is 99.9 Å². The van der Waals surface area contributed by atoms with Crippen molar-refractivity contribution in [2.45, 2.75) is 10.9 Å². The molecule has 0 unspecified atom stereocenters. The molecule has 2 heterocycles. The summed E-state index contributed by atoms with van der Waals surface area (Å²) in [4.78, 5) is 3.88. The minimum absolute atomic E-state index is 0.00403. The first-order valence-electron chi connectivity index (χ1n) is 5.10. The number of likely N-dealkylation sites (N-methyl/N-ethyl adjacent to an activating group) is 1. The molecule has 0 amide bonds. The third-order valence-corrected chi connectivity index (χ3v) is 4.70. The summed E-state index contributed by atoms with van der Waals surface area (Å²) in [5.74, 6) is 0. The van der Waals surface area contributed by atoms with Gasteiger partial charge in [-0.05, 0) is 12.1 Å². The maximum absolute atomic E-state index is 12.1. The quantitative estimate of drug-likeness (QED) is 0.787. The molecule has 90 valence electrons. The normalized spacial score (nSPS) is 16.5. The van der Waals surface area contributed by atoms with E-state index >= 15 is 0 Å². The van der Waals surface area contributed by atoms with Crippen LogP contribution in [0.25, 0.3) is 0 Å². The molecule has 1 aromatic heterocycles. The largest absolute Gasteiger partial charge is 0.313 e. The fourth-order valence-electron chi connectivity index (χ4n) is 1.49. The van der Waals surface area contributed by atoms with Gasteiger partial charge in [0.15, 0.2) is 0 Å². The van der Waals surface area contributed by atoms with Gasteiger partial charge >= 0.3 is 0 Å². The van der Waals surface area contributed by atoms with Gasteiger partial charge in [-0.1, -0.05) is 0 Å². The van der Waals surface area contributed by atoms with Crippen molar-refractivity contribution in [3.8, 4) is 6.07 Å². The van der Waals surface area contributed by atoms with Crippen molar-refractivity contribution >= 4 is 10.0 Å². The number of rotatable bonds is 3. The Morgan fingerprint density at radius 2 is 2.24 bits per heavy atom. The van der Waals surface area contributed by atoms with Crippen LogP contribution in [0.5, 0.6) is 0 Å². The molecule has 2 rings (SSSR count). The van der Waals surface area contributed by atoms with Crippen LogP contribution in [0.2, 0.25) is 0 Å². The Kier molecular flexibility index (Phi) is 3.11. The first-order chi connectivity index (χ1) is 8.05. The van der Waals surface area contributed by atoms with Crippen LogP contribution < -0.4 is 5.32 Å². The number of pyridine rings is 1. The van der Waals surface area contributed by atoms with E-state index in [1.165, 1.54) is 22.6 Å². The van der Waals surface area contributed by atoms with Crippen molar-refractivity contribution < 1.29 is 8.42 Å². The molecule has 7 heteroatoms. The summed E-state index contributed by atoms with van der Waals surface area (Å²) in [6.45, 7) is 1.33. The van der Waals surface area contributed by atoms with Crippen LogP contribution in [0.4, 0.5) is 0 Å². The first-order valence-corrected chi connectivity index (χ1v) is 6.54. The van der Waals surface area contributed by atoms with Crippen molar-refractivity contribution in [3.63, 3.8) is 0 Å². The topological polar surface area (TPSA) is 86.1 Å². The van der Waals surface area contributed by atoms with E-state index < -0.39 is 10.0 Å². The molecule has 0 spiro atoms.